The summed E-state index contributed by atoms with van der Waals surface area (Å²) in [4.78, 5) is 23.6. The zero-order valence-corrected chi connectivity index (χ0v) is 15.1. The first-order valence-electron chi connectivity index (χ1n) is 8.11. The SMILES string of the molecule is CC(=O)COC(=O)C=Cc1cn(Cc2ccccc2)nc1-c1cccs1. The summed E-state index contributed by atoms with van der Waals surface area (Å²) < 4.78 is 6.71. The van der Waals surface area contributed by atoms with Gasteiger partial charge in [-0.2, -0.15) is 5.10 Å². The quantitative estimate of drug-likeness (QED) is 0.471. The summed E-state index contributed by atoms with van der Waals surface area (Å²) in [6, 6.07) is 14.0. The lowest BCUT2D eigenvalue weighted by Crippen LogP contribution is -2.08. The van der Waals surface area contributed by atoms with Crippen molar-refractivity contribution in [2.45, 2.75) is 13.5 Å². The maximum Gasteiger partial charge on any atom is 0.331 e. The maximum absolute atomic E-state index is 11.7. The van der Waals surface area contributed by atoms with Crippen LogP contribution in [0.1, 0.15) is 18.1 Å². The molecular weight excluding hydrogens is 348 g/mol. The van der Waals surface area contributed by atoms with Gasteiger partial charge in [0.05, 0.1) is 11.4 Å². The second-order valence-electron chi connectivity index (χ2n) is 5.74. The number of hydrogen-bond donors (Lipinski definition) is 0. The van der Waals surface area contributed by atoms with Crippen molar-refractivity contribution < 1.29 is 14.3 Å². The van der Waals surface area contributed by atoms with Crippen molar-refractivity contribution in [3.63, 3.8) is 0 Å². The molecule has 132 valence electrons. The zero-order chi connectivity index (χ0) is 18.4. The third-order valence-corrected chi connectivity index (χ3v) is 4.43. The van der Waals surface area contributed by atoms with E-state index in [1.54, 1.807) is 17.4 Å². The molecule has 0 spiro atoms. The van der Waals surface area contributed by atoms with Crippen LogP contribution in [0.25, 0.3) is 16.6 Å². The highest BCUT2D eigenvalue weighted by molar-refractivity contribution is 7.13. The largest absolute Gasteiger partial charge is 0.455 e. The van der Waals surface area contributed by atoms with E-state index in [9.17, 15) is 9.59 Å². The number of benzene rings is 1. The number of aromatic nitrogens is 2. The third kappa shape index (κ3) is 4.77. The van der Waals surface area contributed by atoms with E-state index in [2.05, 4.69) is 5.10 Å². The van der Waals surface area contributed by atoms with Crippen molar-refractivity contribution >= 4 is 29.2 Å². The van der Waals surface area contributed by atoms with Crippen LogP contribution in [0.5, 0.6) is 0 Å². The fraction of sp³-hybridized carbons (Fsp3) is 0.150. The molecule has 1 aromatic carbocycles. The van der Waals surface area contributed by atoms with Crippen LogP contribution in [0.2, 0.25) is 0 Å². The molecule has 0 radical (unpaired) electrons. The Kier molecular flexibility index (Phi) is 5.76. The van der Waals surface area contributed by atoms with Crippen molar-refractivity contribution in [2.75, 3.05) is 6.61 Å². The van der Waals surface area contributed by atoms with Gasteiger partial charge in [-0.25, -0.2) is 4.79 Å². The van der Waals surface area contributed by atoms with Crippen molar-refractivity contribution in [1.82, 2.24) is 9.78 Å². The molecule has 0 saturated heterocycles. The van der Waals surface area contributed by atoms with Crippen molar-refractivity contribution in [3.8, 4) is 10.6 Å². The highest BCUT2D eigenvalue weighted by Crippen LogP contribution is 2.27. The highest BCUT2D eigenvalue weighted by atomic mass is 32.1. The van der Waals surface area contributed by atoms with Gasteiger partial charge in [0.25, 0.3) is 0 Å². The Morgan fingerprint density at radius 2 is 2.00 bits per heavy atom. The first-order valence-corrected chi connectivity index (χ1v) is 8.99. The number of ketones is 1. The number of carbonyl (C=O) groups excluding carboxylic acids is 2. The van der Waals surface area contributed by atoms with Gasteiger partial charge >= 0.3 is 5.97 Å². The molecule has 5 nitrogen and oxygen atoms in total. The molecule has 26 heavy (non-hydrogen) atoms. The van der Waals surface area contributed by atoms with Gasteiger partial charge in [0.15, 0.2) is 5.78 Å². The minimum Gasteiger partial charge on any atom is -0.455 e. The Morgan fingerprint density at radius 3 is 2.69 bits per heavy atom. The molecular formula is C20H18N2O3S. The fourth-order valence-electron chi connectivity index (χ4n) is 2.39. The summed E-state index contributed by atoms with van der Waals surface area (Å²) in [5.41, 5.74) is 2.78. The van der Waals surface area contributed by atoms with Crippen LogP contribution in [0.3, 0.4) is 0 Å². The molecule has 0 aliphatic heterocycles. The molecule has 0 aliphatic carbocycles. The lowest BCUT2D eigenvalue weighted by atomic mass is 10.2. The molecule has 0 N–H and O–H groups in total. The van der Waals surface area contributed by atoms with Gasteiger partial charge in [-0.05, 0) is 30.0 Å². The number of esters is 1. The Hall–Kier alpha value is -2.99. The average Bonchev–Trinajstić information content (AvgIpc) is 3.28. The molecule has 0 fully saturated rings. The van der Waals surface area contributed by atoms with Crippen molar-refractivity contribution in [2.24, 2.45) is 0 Å². The van der Waals surface area contributed by atoms with Gasteiger partial charge < -0.3 is 4.74 Å². The molecule has 3 rings (SSSR count). The minimum atomic E-state index is -0.548. The maximum atomic E-state index is 11.7. The smallest absolute Gasteiger partial charge is 0.331 e. The number of nitrogens with zero attached hydrogens (tertiary/aromatic N) is 2. The second-order valence-corrected chi connectivity index (χ2v) is 6.68. The van der Waals surface area contributed by atoms with Crippen LogP contribution in [-0.4, -0.2) is 28.1 Å². The number of carbonyl (C=O) groups is 2. The predicted octanol–water partition coefficient (Wildman–Crippen LogP) is 3.81. The predicted molar refractivity (Wildman–Crippen MR) is 102 cm³/mol. The lowest BCUT2D eigenvalue weighted by molar-refractivity contribution is -0.142. The minimum absolute atomic E-state index is 0.193. The van der Waals surface area contributed by atoms with Crippen LogP contribution in [-0.2, 0) is 20.9 Å². The van der Waals surface area contributed by atoms with Crippen LogP contribution >= 0.6 is 11.3 Å². The number of thiophene rings is 1. The second kappa shape index (κ2) is 8.40. The summed E-state index contributed by atoms with van der Waals surface area (Å²) >= 11 is 1.59. The summed E-state index contributed by atoms with van der Waals surface area (Å²) in [6.45, 7) is 1.80. The average molecular weight is 366 g/mol. The van der Waals surface area contributed by atoms with Gasteiger partial charge in [0, 0.05) is 17.8 Å². The van der Waals surface area contributed by atoms with Crippen molar-refractivity contribution in [1.29, 1.82) is 0 Å². The van der Waals surface area contributed by atoms with Gasteiger partial charge in [-0.15, -0.1) is 11.3 Å². The van der Waals surface area contributed by atoms with E-state index >= 15 is 0 Å². The van der Waals surface area contributed by atoms with E-state index in [0.29, 0.717) is 6.54 Å². The van der Waals surface area contributed by atoms with Gasteiger partial charge in [-0.1, -0.05) is 36.4 Å². The summed E-state index contributed by atoms with van der Waals surface area (Å²) in [6.07, 6.45) is 4.90. The van der Waals surface area contributed by atoms with Crippen LogP contribution < -0.4 is 0 Å². The summed E-state index contributed by atoms with van der Waals surface area (Å²) in [5.74, 6) is -0.741. The van der Waals surface area contributed by atoms with E-state index < -0.39 is 5.97 Å². The van der Waals surface area contributed by atoms with Crippen molar-refractivity contribution in [3.05, 3.63) is 71.2 Å². The normalized spacial score (nSPS) is 11.0. The van der Waals surface area contributed by atoms with E-state index in [4.69, 9.17) is 4.74 Å². The number of rotatable bonds is 7. The summed E-state index contributed by atoms with van der Waals surface area (Å²) in [5, 5.41) is 6.66. The molecule has 0 unspecified atom stereocenters. The van der Waals surface area contributed by atoms with E-state index in [1.165, 1.54) is 13.0 Å². The molecule has 3 aromatic rings. The molecule has 0 saturated carbocycles. The summed E-state index contributed by atoms with van der Waals surface area (Å²) in [7, 11) is 0. The van der Waals surface area contributed by atoms with Gasteiger partial charge in [-0.3, -0.25) is 9.48 Å². The Labute approximate surface area is 155 Å². The number of Topliss-reactive ketones (excluding diaryl/α,β-unsaturated/α-hetero) is 1. The Bertz CT molecular complexity index is 912. The Morgan fingerprint density at radius 1 is 1.19 bits per heavy atom. The third-order valence-electron chi connectivity index (χ3n) is 3.55. The Balaban J connectivity index is 1.83. The lowest BCUT2D eigenvalue weighted by Gasteiger charge is -2.00. The molecule has 6 heteroatoms. The van der Waals surface area contributed by atoms with Crippen LogP contribution in [0, 0.1) is 0 Å². The van der Waals surface area contributed by atoms with Gasteiger partial charge in [0.2, 0.25) is 0 Å². The first kappa shape index (κ1) is 17.8. The number of ether oxygens (including phenoxy) is 1. The number of hydrogen-bond acceptors (Lipinski definition) is 5. The monoisotopic (exact) mass is 366 g/mol. The molecule has 0 atom stereocenters. The topological polar surface area (TPSA) is 61.2 Å². The van der Waals surface area contributed by atoms with E-state index in [-0.39, 0.29) is 12.4 Å². The van der Waals surface area contributed by atoms with E-state index in [0.717, 1.165) is 21.7 Å². The molecule has 2 heterocycles. The molecule has 0 bridgehead atoms. The van der Waals surface area contributed by atoms with Crippen LogP contribution in [0.15, 0.2) is 60.1 Å². The van der Waals surface area contributed by atoms with E-state index in [1.807, 2.05) is 58.7 Å². The zero-order valence-electron chi connectivity index (χ0n) is 14.3. The molecule has 0 amide bonds. The molecule has 2 aromatic heterocycles. The molecule has 0 aliphatic rings. The highest BCUT2D eigenvalue weighted by Gasteiger charge is 2.11. The standard InChI is InChI=1S/C20H18N2O3S/c1-15(23)14-25-19(24)10-9-17-13-22(12-16-6-3-2-4-7-16)21-20(17)18-8-5-11-26-18/h2-11,13H,12,14H2,1H3. The first-order chi connectivity index (χ1) is 12.6. The fourth-order valence-corrected chi connectivity index (χ4v) is 3.12. The van der Waals surface area contributed by atoms with Crippen LogP contribution in [0.4, 0.5) is 0 Å². The van der Waals surface area contributed by atoms with Gasteiger partial charge in [0.1, 0.15) is 12.3 Å².